The highest BCUT2D eigenvalue weighted by Crippen LogP contribution is 2.25. The summed E-state index contributed by atoms with van der Waals surface area (Å²) in [6.07, 6.45) is 12.7. The van der Waals surface area contributed by atoms with E-state index in [4.69, 9.17) is 0 Å². The van der Waals surface area contributed by atoms with Gasteiger partial charge in [-0.3, -0.25) is 19.8 Å². The Morgan fingerprint density at radius 1 is 1.23 bits per heavy atom. The van der Waals surface area contributed by atoms with Gasteiger partial charge >= 0.3 is 0 Å². The van der Waals surface area contributed by atoms with Crippen molar-refractivity contribution in [3.63, 3.8) is 0 Å². The largest absolute Gasteiger partial charge is 0.367 e. The van der Waals surface area contributed by atoms with Gasteiger partial charge in [0.2, 0.25) is 5.91 Å². The molecule has 7 heteroatoms. The molecule has 3 aliphatic heterocycles. The van der Waals surface area contributed by atoms with E-state index in [2.05, 4.69) is 35.5 Å². The molecule has 0 aromatic rings. The summed E-state index contributed by atoms with van der Waals surface area (Å²) in [6.45, 7) is 9.20. The molecule has 31 heavy (non-hydrogen) atoms. The summed E-state index contributed by atoms with van der Waals surface area (Å²) in [7, 11) is 1.86. The van der Waals surface area contributed by atoms with Gasteiger partial charge in [-0.1, -0.05) is 13.8 Å². The second-order valence-corrected chi connectivity index (χ2v) is 8.35. The minimum absolute atomic E-state index is 0.0860. The third-order valence-corrected chi connectivity index (χ3v) is 6.08. The highest BCUT2D eigenvalue weighted by molar-refractivity contribution is 5.94. The molecule has 3 heterocycles. The van der Waals surface area contributed by atoms with Crippen LogP contribution in [0.5, 0.6) is 0 Å². The molecule has 3 rings (SSSR count). The maximum atomic E-state index is 12.9. The number of nitrogens with one attached hydrogen (secondary N) is 2. The zero-order valence-corrected chi connectivity index (χ0v) is 19.4. The van der Waals surface area contributed by atoms with Crippen LogP contribution in [0.4, 0.5) is 0 Å². The Kier molecular flexibility index (Phi) is 7.96. The Morgan fingerprint density at radius 3 is 2.58 bits per heavy atom. The molecule has 0 aliphatic carbocycles. The van der Waals surface area contributed by atoms with Gasteiger partial charge in [0.25, 0.3) is 5.91 Å². The average Bonchev–Trinajstić information content (AvgIpc) is 2.82. The van der Waals surface area contributed by atoms with Crippen molar-refractivity contribution in [3.05, 3.63) is 47.1 Å². The summed E-state index contributed by atoms with van der Waals surface area (Å²) >= 11 is 0. The molecule has 1 saturated heterocycles. The normalized spacial score (nSPS) is 21.5. The molecular weight excluding hydrogens is 390 g/mol. The summed E-state index contributed by atoms with van der Waals surface area (Å²) in [5.74, 6) is 1.27. The van der Waals surface area contributed by atoms with Crippen molar-refractivity contribution in [2.75, 3.05) is 33.2 Å². The van der Waals surface area contributed by atoms with Gasteiger partial charge < -0.3 is 15.1 Å². The second-order valence-electron chi connectivity index (χ2n) is 8.35. The lowest BCUT2D eigenvalue weighted by Crippen LogP contribution is -2.46. The van der Waals surface area contributed by atoms with E-state index in [0.717, 1.165) is 61.6 Å². The fraction of sp³-hybridized carbons (Fsp3) is 0.583. The Labute approximate surface area is 186 Å². The zero-order valence-electron chi connectivity index (χ0n) is 19.4. The third kappa shape index (κ3) is 5.21. The number of amides is 2. The van der Waals surface area contributed by atoms with Crippen molar-refractivity contribution in [1.82, 2.24) is 25.3 Å². The maximum absolute atomic E-state index is 12.9. The molecular formula is C24H37N5O2. The SMILES string of the molecule is CCCN(C1=CC(NC)N(C(=O)CC)C=C1)C1=C(C)C=C(C(=O)N2CCCCC2)CN1. The number of hydrogen-bond donors (Lipinski definition) is 2. The predicted molar refractivity (Wildman–Crippen MR) is 123 cm³/mol. The number of likely N-dealkylation sites (tertiary alicyclic amines) is 1. The van der Waals surface area contributed by atoms with Crippen LogP contribution in [0.2, 0.25) is 0 Å². The summed E-state index contributed by atoms with van der Waals surface area (Å²) in [5.41, 5.74) is 2.94. The van der Waals surface area contributed by atoms with Crippen LogP contribution < -0.4 is 10.6 Å². The van der Waals surface area contributed by atoms with Crippen molar-refractivity contribution in [2.45, 2.75) is 59.0 Å². The van der Waals surface area contributed by atoms with E-state index in [9.17, 15) is 9.59 Å². The number of carbonyl (C=O) groups excluding carboxylic acids is 2. The third-order valence-electron chi connectivity index (χ3n) is 6.08. The molecule has 170 valence electrons. The number of hydrogen-bond acceptors (Lipinski definition) is 5. The van der Waals surface area contributed by atoms with Gasteiger partial charge in [0, 0.05) is 50.1 Å². The van der Waals surface area contributed by atoms with Gasteiger partial charge in [-0.25, -0.2) is 0 Å². The van der Waals surface area contributed by atoms with Crippen LogP contribution >= 0.6 is 0 Å². The first-order valence-electron chi connectivity index (χ1n) is 11.6. The van der Waals surface area contributed by atoms with E-state index in [1.165, 1.54) is 6.42 Å². The van der Waals surface area contributed by atoms with Crippen molar-refractivity contribution in [2.24, 2.45) is 0 Å². The van der Waals surface area contributed by atoms with E-state index < -0.39 is 0 Å². The molecule has 2 amide bonds. The van der Waals surface area contributed by atoms with E-state index >= 15 is 0 Å². The molecule has 0 radical (unpaired) electrons. The van der Waals surface area contributed by atoms with E-state index in [1.807, 2.05) is 37.2 Å². The van der Waals surface area contributed by atoms with Crippen LogP contribution in [0.1, 0.15) is 52.9 Å². The van der Waals surface area contributed by atoms with Gasteiger partial charge in [0.1, 0.15) is 12.0 Å². The zero-order chi connectivity index (χ0) is 22.4. The first-order chi connectivity index (χ1) is 15.0. The van der Waals surface area contributed by atoms with E-state index in [0.29, 0.717) is 13.0 Å². The van der Waals surface area contributed by atoms with Gasteiger partial charge in [-0.05, 0) is 63.5 Å². The Balaban J connectivity index is 1.83. The molecule has 0 aromatic heterocycles. The molecule has 0 bridgehead atoms. The molecule has 0 spiro atoms. The van der Waals surface area contributed by atoms with Crippen LogP contribution in [0.3, 0.4) is 0 Å². The molecule has 1 unspecified atom stereocenters. The molecule has 2 N–H and O–H groups in total. The van der Waals surface area contributed by atoms with Gasteiger partial charge in [0.15, 0.2) is 0 Å². The maximum Gasteiger partial charge on any atom is 0.251 e. The summed E-state index contributed by atoms with van der Waals surface area (Å²) in [6, 6.07) is 0. The monoisotopic (exact) mass is 427 g/mol. The minimum atomic E-state index is -0.178. The number of rotatable bonds is 7. The highest BCUT2D eigenvalue weighted by Gasteiger charge is 2.27. The van der Waals surface area contributed by atoms with Crippen LogP contribution in [-0.2, 0) is 9.59 Å². The number of allylic oxidation sites excluding steroid dienone is 3. The predicted octanol–water partition coefficient (Wildman–Crippen LogP) is 2.67. The summed E-state index contributed by atoms with van der Waals surface area (Å²) in [5, 5.41) is 6.73. The van der Waals surface area contributed by atoms with Gasteiger partial charge in [-0.15, -0.1) is 0 Å². The Bertz CT molecular complexity index is 805. The van der Waals surface area contributed by atoms with E-state index in [1.54, 1.807) is 4.90 Å². The quantitative estimate of drug-likeness (QED) is 0.654. The molecule has 1 fully saturated rings. The average molecular weight is 428 g/mol. The smallest absolute Gasteiger partial charge is 0.251 e. The van der Waals surface area contributed by atoms with Gasteiger partial charge in [0.05, 0.1) is 0 Å². The van der Waals surface area contributed by atoms with Crippen LogP contribution in [0.15, 0.2) is 47.1 Å². The Morgan fingerprint density at radius 2 is 1.97 bits per heavy atom. The van der Waals surface area contributed by atoms with Crippen molar-refractivity contribution in [3.8, 4) is 0 Å². The first-order valence-corrected chi connectivity index (χ1v) is 11.6. The van der Waals surface area contributed by atoms with Crippen molar-refractivity contribution in [1.29, 1.82) is 0 Å². The lowest BCUT2D eigenvalue weighted by molar-refractivity contribution is -0.130. The lowest BCUT2D eigenvalue weighted by atomic mass is 10.0. The number of nitrogens with zero attached hydrogens (tertiary/aromatic N) is 3. The number of dihydropyridines is 1. The molecule has 0 aromatic carbocycles. The molecule has 3 aliphatic rings. The number of carbonyl (C=O) groups is 2. The summed E-state index contributed by atoms with van der Waals surface area (Å²) in [4.78, 5) is 31.2. The van der Waals surface area contributed by atoms with Crippen molar-refractivity contribution < 1.29 is 9.59 Å². The van der Waals surface area contributed by atoms with Crippen LogP contribution in [0.25, 0.3) is 0 Å². The lowest BCUT2D eigenvalue weighted by Gasteiger charge is -2.37. The molecule has 0 saturated carbocycles. The highest BCUT2D eigenvalue weighted by atomic mass is 16.2. The summed E-state index contributed by atoms with van der Waals surface area (Å²) < 4.78 is 0. The first kappa shape index (κ1) is 23.1. The fourth-order valence-corrected chi connectivity index (χ4v) is 4.41. The molecule has 1 atom stereocenters. The number of piperidine rings is 1. The van der Waals surface area contributed by atoms with Crippen LogP contribution in [-0.4, -0.2) is 65.9 Å². The van der Waals surface area contributed by atoms with Crippen molar-refractivity contribution >= 4 is 11.8 Å². The topological polar surface area (TPSA) is 67.9 Å². The number of likely N-dealkylation sites (N-methyl/N-ethyl adjacent to an activating group) is 1. The Hall–Kier alpha value is -2.54. The minimum Gasteiger partial charge on any atom is -0.367 e. The van der Waals surface area contributed by atoms with Crippen LogP contribution in [0, 0.1) is 0 Å². The second kappa shape index (κ2) is 10.7. The fourth-order valence-electron chi connectivity index (χ4n) is 4.41. The van der Waals surface area contributed by atoms with Gasteiger partial charge in [-0.2, -0.15) is 0 Å². The molecule has 7 nitrogen and oxygen atoms in total. The standard InChI is InChI=1S/C24H37N5O2/c1-5-11-28(20-10-14-29(22(30)6-2)21(16-20)25-4)23-18(3)15-19(17-26-23)24(31)27-12-8-7-9-13-27/h10,14-16,21,25-26H,5-9,11-13,17H2,1-4H3. The van der Waals surface area contributed by atoms with E-state index in [-0.39, 0.29) is 18.0 Å².